The summed E-state index contributed by atoms with van der Waals surface area (Å²) in [5, 5.41) is 2.33. The average molecular weight is 629 g/mol. The van der Waals surface area contributed by atoms with E-state index in [2.05, 4.69) is 9.84 Å². The number of ether oxygens (including phenoxy) is 1. The summed E-state index contributed by atoms with van der Waals surface area (Å²) in [6.45, 7) is -0.638. The number of halogens is 5. The molecule has 1 unspecified atom stereocenters. The minimum absolute atomic E-state index is 0.0423. The maximum atomic E-state index is 15.3. The molecule has 1 atom stereocenters. The second-order valence-corrected chi connectivity index (χ2v) is 10.7. The largest absolute Gasteiger partial charge is 0.488 e. The molecule has 4 rings (SSSR count). The van der Waals surface area contributed by atoms with Crippen LogP contribution in [0.5, 0.6) is 5.75 Å². The molecular formula is C27H25F5N3O7P. The van der Waals surface area contributed by atoms with Crippen LogP contribution in [-0.4, -0.2) is 46.9 Å². The molecule has 0 fully saturated rings. The number of urea groups is 1. The molecule has 10 nitrogen and oxygen atoms in total. The number of hydrogen-bond acceptors (Lipinski definition) is 5. The van der Waals surface area contributed by atoms with Gasteiger partial charge in [0.25, 0.3) is 5.91 Å². The Labute approximate surface area is 241 Å². The lowest BCUT2D eigenvalue weighted by molar-refractivity contribution is 0.0950. The van der Waals surface area contributed by atoms with Crippen LogP contribution in [0.3, 0.4) is 0 Å². The number of carbonyl (C=O) groups is 2. The van der Waals surface area contributed by atoms with Crippen LogP contribution in [0, 0.1) is 29.1 Å². The normalized spacial score (nSPS) is 15.0. The monoisotopic (exact) mass is 629 g/mol. The SMILES string of the molecule is CC1c2ccc(C(=O)NCc3c(F)cc(F)cc3F)cc2N(Cc2c(F)ccc(OCCOP(=O)(O)O)c2F)C(=O)N1C. The van der Waals surface area contributed by atoms with Gasteiger partial charge in [-0.3, -0.25) is 14.2 Å². The van der Waals surface area contributed by atoms with Crippen molar-refractivity contribution in [1.29, 1.82) is 0 Å². The number of phosphoric ester groups is 1. The fraction of sp³-hybridized carbons (Fsp3) is 0.259. The third-order valence-corrected chi connectivity index (χ3v) is 7.26. The van der Waals surface area contributed by atoms with Crippen molar-refractivity contribution in [2.75, 3.05) is 25.2 Å². The van der Waals surface area contributed by atoms with Gasteiger partial charge < -0.3 is 24.7 Å². The smallest absolute Gasteiger partial charge is 0.469 e. The highest BCUT2D eigenvalue weighted by molar-refractivity contribution is 7.46. The molecule has 230 valence electrons. The lowest BCUT2D eigenvalue weighted by Crippen LogP contribution is -2.47. The Bertz CT molecular complexity index is 1600. The van der Waals surface area contributed by atoms with Gasteiger partial charge in [0.2, 0.25) is 0 Å². The molecule has 43 heavy (non-hydrogen) atoms. The zero-order valence-corrected chi connectivity index (χ0v) is 23.5. The number of carbonyl (C=O) groups excluding carboxylic acids is 2. The van der Waals surface area contributed by atoms with Crippen LogP contribution in [0.2, 0.25) is 0 Å². The first-order chi connectivity index (χ1) is 20.2. The Morgan fingerprint density at radius 2 is 1.65 bits per heavy atom. The van der Waals surface area contributed by atoms with Crippen molar-refractivity contribution in [3.63, 3.8) is 0 Å². The molecule has 3 amide bonds. The number of rotatable bonds is 10. The van der Waals surface area contributed by atoms with Crippen LogP contribution in [0.15, 0.2) is 42.5 Å². The molecule has 1 aliphatic heterocycles. The molecule has 0 saturated carbocycles. The lowest BCUT2D eigenvalue weighted by atomic mass is 9.98. The van der Waals surface area contributed by atoms with Crippen molar-refractivity contribution in [3.8, 4) is 5.75 Å². The summed E-state index contributed by atoms with van der Waals surface area (Å²) < 4.78 is 91.6. The van der Waals surface area contributed by atoms with Crippen molar-refractivity contribution in [2.24, 2.45) is 0 Å². The molecule has 1 aliphatic rings. The molecule has 0 bridgehead atoms. The summed E-state index contributed by atoms with van der Waals surface area (Å²) in [6.07, 6.45) is 0. The van der Waals surface area contributed by atoms with E-state index in [0.29, 0.717) is 17.7 Å². The lowest BCUT2D eigenvalue weighted by Gasteiger charge is -2.39. The zero-order valence-electron chi connectivity index (χ0n) is 22.6. The van der Waals surface area contributed by atoms with Crippen molar-refractivity contribution >= 4 is 25.4 Å². The Morgan fingerprint density at radius 1 is 0.977 bits per heavy atom. The molecule has 3 aromatic rings. The molecule has 0 radical (unpaired) electrons. The third-order valence-electron chi connectivity index (χ3n) is 6.75. The van der Waals surface area contributed by atoms with Gasteiger partial charge in [-0.25, -0.2) is 31.3 Å². The first-order valence-electron chi connectivity index (χ1n) is 12.6. The summed E-state index contributed by atoms with van der Waals surface area (Å²) >= 11 is 0. The predicted molar refractivity (Wildman–Crippen MR) is 142 cm³/mol. The van der Waals surface area contributed by atoms with Crippen LogP contribution < -0.4 is 15.0 Å². The number of anilines is 1. The molecule has 0 saturated heterocycles. The van der Waals surface area contributed by atoms with Crippen molar-refractivity contribution in [1.82, 2.24) is 10.2 Å². The summed E-state index contributed by atoms with van der Waals surface area (Å²) in [4.78, 5) is 46.0. The van der Waals surface area contributed by atoms with Crippen LogP contribution in [0.1, 0.15) is 40.0 Å². The number of fused-ring (bicyclic) bond motifs is 1. The topological polar surface area (TPSA) is 129 Å². The molecular weight excluding hydrogens is 604 g/mol. The van der Waals surface area contributed by atoms with E-state index in [9.17, 15) is 31.7 Å². The number of benzene rings is 3. The van der Waals surface area contributed by atoms with E-state index in [1.807, 2.05) is 0 Å². The van der Waals surface area contributed by atoms with Crippen LogP contribution in [-0.2, 0) is 22.2 Å². The van der Waals surface area contributed by atoms with E-state index in [0.717, 1.165) is 17.0 Å². The fourth-order valence-electron chi connectivity index (χ4n) is 4.40. The molecule has 3 aromatic carbocycles. The Morgan fingerprint density at radius 3 is 2.30 bits per heavy atom. The molecule has 16 heteroatoms. The van der Waals surface area contributed by atoms with Crippen LogP contribution in [0.25, 0.3) is 0 Å². The zero-order chi connectivity index (χ0) is 31.6. The minimum atomic E-state index is -4.79. The highest BCUT2D eigenvalue weighted by Crippen LogP contribution is 2.38. The maximum absolute atomic E-state index is 15.3. The van der Waals surface area contributed by atoms with E-state index in [-0.39, 0.29) is 11.3 Å². The molecule has 3 N–H and O–H groups in total. The van der Waals surface area contributed by atoms with Crippen molar-refractivity contribution in [3.05, 3.63) is 93.8 Å². The van der Waals surface area contributed by atoms with E-state index < -0.39 is 98.1 Å². The number of amides is 3. The maximum Gasteiger partial charge on any atom is 0.469 e. The van der Waals surface area contributed by atoms with Gasteiger partial charge in [0, 0.05) is 42.4 Å². The Balaban J connectivity index is 1.60. The standard InChI is InChI=1S/C27H25F5N3O7P/c1-14-17-4-3-15(26(36)33-12-18-21(30)10-16(28)11-22(18)31)9-23(17)35(27(37)34(14)2)13-19-20(29)5-6-24(25(19)32)41-7-8-42-43(38,39)40/h3-6,9-11,14H,7-8,12-13H2,1-2H3,(H,33,36)(H2,38,39,40). The van der Waals surface area contributed by atoms with Crippen molar-refractivity contribution < 1.29 is 55.2 Å². The fourth-order valence-corrected chi connectivity index (χ4v) is 4.72. The summed E-state index contributed by atoms with van der Waals surface area (Å²) in [6, 6.07) is 5.84. The number of phosphoric acid groups is 1. The predicted octanol–water partition coefficient (Wildman–Crippen LogP) is 4.93. The van der Waals surface area contributed by atoms with Gasteiger partial charge in [-0.2, -0.15) is 0 Å². The summed E-state index contributed by atoms with van der Waals surface area (Å²) in [5.74, 6) is -6.97. The first-order valence-corrected chi connectivity index (χ1v) is 14.1. The van der Waals surface area contributed by atoms with E-state index in [1.54, 1.807) is 6.92 Å². The van der Waals surface area contributed by atoms with Gasteiger partial charge in [0.05, 0.1) is 24.9 Å². The highest BCUT2D eigenvalue weighted by atomic mass is 31.2. The minimum Gasteiger partial charge on any atom is -0.488 e. The third kappa shape index (κ3) is 7.13. The molecule has 0 aliphatic carbocycles. The Hall–Kier alpha value is -4.04. The summed E-state index contributed by atoms with van der Waals surface area (Å²) in [7, 11) is -3.31. The van der Waals surface area contributed by atoms with Gasteiger partial charge in [0.15, 0.2) is 11.6 Å². The van der Waals surface area contributed by atoms with Crippen molar-refractivity contribution in [2.45, 2.75) is 26.1 Å². The second kappa shape index (κ2) is 12.7. The average Bonchev–Trinajstić information content (AvgIpc) is 2.93. The van der Waals surface area contributed by atoms with Crippen LogP contribution >= 0.6 is 7.82 Å². The van der Waals surface area contributed by atoms with Crippen LogP contribution in [0.4, 0.5) is 32.4 Å². The quantitative estimate of drug-likeness (QED) is 0.165. The highest BCUT2D eigenvalue weighted by Gasteiger charge is 2.35. The second-order valence-electron chi connectivity index (χ2n) is 9.47. The number of hydrogen-bond donors (Lipinski definition) is 3. The van der Waals surface area contributed by atoms with Gasteiger partial charge in [-0.15, -0.1) is 0 Å². The molecule has 0 aromatic heterocycles. The molecule has 1 heterocycles. The van der Waals surface area contributed by atoms with E-state index in [4.69, 9.17) is 14.5 Å². The number of nitrogens with zero attached hydrogens (tertiary/aromatic N) is 2. The first kappa shape index (κ1) is 31.9. The van der Waals surface area contributed by atoms with E-state index in [1.165, 1.54) is 30.1 Å². The van der Waals surface area contributed by atoms with Gasteiger partial charge in [-0.1, -0.05) is 6.07 Å². The number of nitrogens with one attached hydrogen (secondary N) is 1. The van der Waals surface area contributed by atoms with Gasteiger partial charge in [0.1, 0.15) is 29.9 Å². The molecule has 0 spiro atoms. The van der Waals surface area contributed by atoms with Gasteiger partial charge >= 0.3 is 13.9 Å². The van der Waals surface area contributed by atoms with Gasteiger partial charge in [-0.05, 0) is 36.8 Å². The Kier molecular flexibility index (Phi) is 9.40. The van der Waals surface area contributed by atoms with E-state index >= 15 is 4.39 Å². The summed E-state index contributed by atoms with van der Waals surface area (Å²) in [5.41, 5.74) is -0.521.